The monoisotopic (exact) mass is 270 g/mol. The molecule has 4 heteroatoms. The van der Waals surface area contributed by atoms with Crippen LogP contribution < -0.4 is 0 Å². The zero-order valence-electron chi connectivity index (χ0n) is 10.6. The molecule has 1 rings (SSSR count). The van der Waals surface area contributed by atoms with Crippen molar-refractivity contribution in [2.24, 2.45) is 5.92 Å². The molecule has 0 aromatic heterocycles. The SMILES string of the molecule is CCSCCCC(Cc1ccc(F)cc1)C(=O)O. The maximum Gasteiger partial charge on any atom is 0.306 e. The number of carbonyl (C=O) groups is 1. The minimum atomic E-state index is -0.763. The van der Waals surface area contributed by atoms with E-state index in [9.17, 15) is 9.18 Å². The van der Waals surface area contributed by atoms with Crippen LogP contribution >= 0.6 is 11.8 Å². The third kappa shape index (κ3) is 5.54. The Kier molecular flexibility index (Phi) is 6.80. The molecule has 0 aliphatic rings. The van der Waals surface area contributed by atoms with E-state index in [1.54, 1.807) is 12.1 Å². The number of benzene rings is 1. The second kappa shape index (κ2) is 8.14. The number of hydrogen-bond donors (Lipinski definition) is 1. The first kappa shape index (κ1) is 15.0. The van der Waals surface area contributed by atoms with Crippen LogP contribution in [0.2, 0.25) is 0 Å². The van der Waals surface area contributed by atoms with Crippen LogP contribution in [0.4, 0.5) is 4.39 Å². The molecule has 0 aliphatic heterocycles. The smallest absolute Gasteiger partial charge is 0.306 e. The van der Waals surface area contributed by atoms with E-state index in [0.717, 1.165) is 23.5 Å². The molecule has 0 saturated carbocycles. The first-order chi connectivity index (χ1) is 8.63. The van der Waals surface area contributed by atoms with Crippen molar-refractivity contribution < 1.29 is 14.3 Å². The van der Waals surface area contributed by atoms with Crippen LogP contribution in [0, 0.1) is 11.7 Å². The Balaban J connectivity index is 2.47. The molecule has 0 bridgehead atoms. The van der Waals surface area contributed by atoms with E-state index >= 15 is 0 Å². The summed E-state index contributed by atoms with van der Waals surface area (Å²) in [5, 5.41) is 9.16. The number of carboxylic acids is 1. The highest BCUT2D eigenvalue weighted by atomic mass is 32.2. The molecule has 0 radical (unpaired) electrons. The lowest BCUT2D eigenvalue weighted by Gasteiger charge is -2.12. The summed E-state index contributed by atoms with van der Waals surface area (Å²) < 4.78 is 12.8. The third-order valence-electron chi connectivity index (χ3n) is 2.79. The molecule has 1 aromatic carbocycles. The van der Waals surface area contributed by atoms with E-state index in [-0.39, 0.29) is 11.7 Å². The molecule has 0 spiro atoms. The molecule has 1 unspecified atom stereocenters. The van der Waals surface area contributed by atoms with Gasteiger partial charge in [-0.05, 0) is 48.5 Å². The van der Waals surface area contributed by atoms with Crippen molar-refractivity contribution in [1.29, 1.82) is 0 Å². The highest BCUT2D eigenvalue weighted by molar-refractivity contribution is 7.99. The van der Waals surface area contributed by atoms with Crippen molar-refractivity contribution in [3.05, 3.63) is 35.6 Å². The molecule has 1 aromatic rings. The van der Waals surface area contributed by atoms with Crippen molar-refractivity contribution in [1.82, 2.24) is 0 Å². The molecule has 0 aliphatic carbocycles. The van der Waals surface area contributed by atoms with Gasteiger partial charge in [0.2, 0.25) is 0 Å². The average molecular weight is 270 g/mol. The minimum absolute atomic E-state index is 0.287. The molecule has 2 nitrogen and oxygen atoms in total. The number of carboxylic acid groups (broad SMARTS) is 1. The van der Waals surface area contributed by atoms with Crippen LogP contribution in [0.1, 0.15) is 25.3 Å². The van der Waals surface area contributed by atoms with Gasteiger partial charge in [-0.25, -0.2) is 4.39 Å². The summed E-state index contributed by atoms with van der Waals surface area (Å²) in [6.07, 6.45) is 2.07. The van der Waals surface area contributed by atoms with Crippen LogP contribution in [0.3, 0.4) is 0 Å². The molecule has 0 fully saturated rings. The highest BCUT2D eigenvalue weighted by Gasteiger charge is 2.17. The summed E-state index contributed by atoms with van der Waals surface area (Å²) in [6, 6.07) is 6.07. The van der Waals surface area contributed by atoms with Crippen LogP contribution in [0.5, 0.6) is 0 Å². The van der Waals surface area contributed by atoms with Gasteiger partial charge in [0.1, 0.15) is 5.82 Å². The number of aliphatic carboxylic acids is 1. The predicted octanol–water partition coefficient (Wildman–Crippen LogP) is 3.60. The molecular formula is C14H19FO2S. The van der Waals surface area contributed by atoms with Gasteiger partial charge in [-0.2, -0.15) is 11.8 Å². The average Bonchev–Trinajstić information content (AvgIpc) is 2.35. The van der Waals surface area contributed by atoms with Crippen molar-refractivity contribution in [2.45, 2.75) is 26.2 Å². The Morgan fingerprint density at radius 3 is 2.61 bits per heavy atom. The Labute approximate surface area is 112 Å². The molecule has 0 saturated heterocycles. The van der Waals surface area contributed by atoms with Gasteiger partial charge in [0.05, 0.1) is 5.92 Å². The lowest BCUT2D eigenvalue weighted by atomic mass is 9.95. The molecule has 0 heterocycles. The van der Waals surface area contributed by atoms with Gasteiger partial charge in [0.15, 0.2) is 0 Å². The Bertz CT molecular complexity index is 365. The normalized spacial score (nSPS) is 12.3. The first-order valence-electron chi connectivity index (χ1n) is 6.18. The summed E-state index contributed by atoms with van der Waals surface area (Å²) in [5.74, 6) is 0.651. The lowest BCUT2D eigenvalue weighted by Crippen LogP contribution is -2.16. The van der Waals surface area contributed by atoms with E-state index in [1.807, 2.05) is 11.8 Å². The maximum absolute atomic E-state index is 12.8. The zero-order chi connectivity index (χ0) is 13.4. The van der Waals surface area contributed by atoms with Gasteiger partial charge in [-0.1, -0.05) is 19.1 Å². The Hall–Kier alpha value is -1.03. The minimum Gasteiger partial charge on any atom is -0.481 e. The van der Waals surface area contributed by atoms with Gasteiger partial charge < -0.3 is 5.11 Å². The largest absolute Gasteiger partial charge is 0.481 e. The Morgan fingerprint density at radius 2 is 2.06 bits per heavy atom. The number of thioether (sulfide) groups is 1. The van der Waals surface area contributed by atoms with Gasteiger partial charge in [-0.3, -0.25) is 4.79 Å². The standard InChI is InChI=1S/C14H19FO2S/c1-2-18-9-3-4-12(14(16)17)10-11-5-7-13(15)8-6-11/h5-8,12H,2-4,9-10H2,1H3,(H,16,17). The highest BCUT2D eigenvalue weighted by Crippen LogP contribution is 2.17. The van der Waals surface area contributed by atoms with Crippen LogP contribution in [-0.2, 0) is 11.2 Å². The fourth-order valence-corrected chi connectivity index (χ4v) is 2.45. The molecule has 1 atom stereocenters. The molecule has 18 heavy (non-hydrogen) atoms. The molecule has 1 N–H and O–H groups in total. The van der Waals surface area contributed by atoms with Crippen molar-refractivity contribution >= 4 is 17.7 Å². The predicted molar refractivity (Wildman–Crippen MR) is 73.5 cm³/mol. The van der Waals surface area contributed by atoms with E-state index in [2.05, 4.69) is 6.92 Å². The maximum atomic E-state index is 12.8. The van der Waals surface area contributed by atoms with Gasteiger partial charge >= 0.3 is 5.97 Å². The van der Waals surface area contributed by atoms with Gasteiger partial charge in [-0.15, -0.1) is 0 Å². The van der Waals surface area contributed by atoms with Crippen LogP contribution in [0.15, 0.2) is 24.3 Å². The van der Waals surface area contributed by atoms with Crippen LogP contribution in [-0.4, -0.2) is 22.6 Å². The van der Waals surface area contributed by atoms with Crippen molar-refractivity contribution in [3.8, 4) is 0 Å². The second-order valence-electron chi connectivity index (χ2n) is 4.20. The van der Waals surface area contributed by atoms with E-state index in [1.165, 1.54) is 12.1 Å². The fourth-order valence-electron chi connectivity index (χ4n) is 1.79. The Morgan fingerprint density at radius 1 is 1.39 bits per heavy atom. The van der Waals surface area contributed by atoms with E-state index in [4.69, 9.17) is 5.11 Å². The molecule has 100 valence electrons. The number of rotatable bonds is 8. The number of hydrogen-bond acceptors (Lipinski definition) is 2. The second-order valence-corrected chi connectivity index (χ2v) is 5.60. The number of halogens is 1. The fraction of sp³-hybridized carbons (Fsp3) is 0.500. The topological polar surface area (TPSA) is 37.3 Å². The molecule has 0 amide bonds. The first-order valence-corrected chi connectivity index (χ1v) is 7.34. The third-order valence-corrected chi connectivity index (χ3v) is 3.78. The summed E-state index contributed by atoms with van der Waals surface area (Å²) in [4.78, 5) is 11.2. The summed E-state index contributed by atoms with van der Waals surface area (Å²) in [6.45, 7) is 2.10. The van der Waals surface area contributed by atoms with E-state index < -0.39 is 5.97 Å². The summed E-state index contributed by atoms with van der Waals surface area (Å²) in [7, 11) is 0. The van der Waals surface area contributed by atoms with Crippen molar-refractivity contribution in [3.63, 3.8) is 0 Å². The van der Waals surface area contributed by atoms with Gasteiger partial charge in [0, 0.05) is 0 Å². The zero-order valence-corrected chi connectivity index (χ0v) is 11.4. The van der Waals surface area contributed by atoms with Crippen LogP contribution in [0.25, 0.3) is 0 Å². The summed E-state index contributed by atoms with van der Waals surface area (Å²) in [5.41, 5.74) is 0.881. The quantitative estimate of drug-likeness (QED) is 0.733. The van der Waals surface area contributed by atoms with E-state index in [0.29, 0.717) is 12.8 Å². The van der Waals surface area contributed by atoms with Crippen molar-refractivity contribution in [2.75, 3.05) is 11.5 Å². The molecular weight excluding hydrogens is 251 g/mol. The summed E-state index contributed by atoms with van der Waals surface area (Å²) >= 11 is 1.83. The lowest BCUT2D eigenvalue weighted by molar-refractivity contribution is -0.141. The van der Waals surface area contributed by atoms with Gasteiger partial charge in [0.25, 0.3) is 0 Å².